The molecule has 228 valence electrons. The Morgan fingerprint density at radius 2 is 0.579 bits per heavy atom. The summed E-state index contributed by atoms with van der Waals surface area (Å²) in [6, 6.07) is 0. The molecule has 0 aromatic heterocycles. The molecule has 38 heavy (non-hydrogen) atoms. The molecule has 0 N–H and O–H groups in total. The number of esters is 1. The van der Waals surface area contributed by atoms with Crippen molar-refractivity contribution in [1.82, 2.24) is 0 Å². The van der Waals surface area contributed by atoms with E-state index in [4.69, 9.17) is 4.74 Å². The Hall–Kier alpha value is -0.530. The summed E-state index contributed by atoms with van der Waals surface area (Å²) in [5.41, 5.74) is 0. The first-order chi connectivity index (χ1) is 18.8. The van der Waals surface area contributed by atoms with Crippen LogP contribution in [0.2, 0.25) is 0 Å². The molecule has 0 aliphatic carbocycles. The molecule has 0 amide bonds. The van der Waals surface area contributed by atoms with E-state index in [1.54, 1.807) is 0 Å². The van der Waals surface area contributed by atoms with Crippen LogP contribution in [0.1, 0.15) is 219 Å². The molecule has 0 spiro atoms. The third-order valence-electron chi connectivity index (χ3n) is 8.25. The molecular weight excluding hydrogens is 464 g/mol. The van der Waals surface area contributed by atoms with E-state index < -0.39 is 0 Å². The zero-order chi connectivity index (χ0) is 27.6. The van der Waals surface area contributed by atoms with Crippen molar-refractivity contribution in [2.75, 3.05) is 6.61 Å². The van der Waals surface area contributed by atoms with Gasteiger partial charge in [-0.2, -0.15) is 0 Å². The molecule has 0 bridgehead atoms. The monoisotopic (exact) mass is 537 g/mol. The summed E-state index contributed by atoms with van der Waals surface area (Å²) >= 11 is 0. The Balaban J connectivity index is 3.13. The average molecular weight is 537 g/mol. The van der Waals surface area contributed by atoms with Gasteiger partial charge in [0.2, 0.25) is 0 Å². The molecule has 2 nitrogen and oxygen atoms in total. The molecule has 0 aliphatic heterocycles. The molecule has 0 aromatic rings. The van der Waals surface area contributed by atoms with Crippen molar-refractivity contribution in [2.24, 2.45) is 0 Å². The molecule has 0 heterocycles. The van der Waals surface area contributed by atoms with Crippen LogP contribution in [0.4, 0.5) is 0 Å². The Morgan fingerprint density at radius 3 is 0.868 bits per heavy atom. The smallest absolute Gasteiger partial charge is 0.305 e. The van der Waals surface area contributed by atoms with Crippen LogP contribution in [0.5, 0.6) is 0 Å². The summed E-state index contributed by atoms with van der Waals surface area (Å²) < 4.78 is 5.44. The van der Waals surface area contributed by atoms with E-state index in [2.05, 4.69) is 13.8 Å². The van der Waals surface area contributed by atoms with Gasteiger partial charge >= 0.3 is 5.97 Å². The highest BCUT2D eigenvalue weighted by Crippen LogP contribution is 2.15. The van der Waals surface area contributed by atoms with Crippen LogP contribution >= 0.6 is 0 Å². The summed E-state index contributed by atoms with van der Waals surface area (Å²) in [4.78, 5) is 11.9. The zero-order valence-corrected chi connectivity index (χ0v) is 26.7. The van der Waals surface area contributed by atoms with E-state index in [0.29, 0.717) is 13.0 Å². The lowest BCUT2D eigenvalue weighted by Crippen LogP contribution is -2.05. The molecule has 0 aromatic carbocycles. The minimum atomic E-state index is 0.0278. The Bertz CT molecular complexity index is 433. The van der Waals surface area contributed by atoms with E-state index in [9.17, 15) is 4.79 Å². The maximum absolute atomic E-state index is 11.9. The Labute approximate surface area is 241 Å². The normalized spacial score (nSPS) is 11.3. The summed E-state index contributed by atoms with van der Waals surface area (Å²) in [6.07, 6.45) is 43.1. The topological polar surface area (TPSA) is 26.3 Å². The second-order valence-electron chi connectivity index (χ2n) is 12.2. The quantitative estimate of drug-likeness (QED) is 0.0615. The van der Waals surface area contributed by atoms with Gasteiger partial charge in [0.25, 0.3) is 0 Å². The molecule has 0 rings (SSSR count). The Kier molecular flexibility index (Phi) is 34.0. The van der Waals surface area contributed by atoms with Gasteiger partial charge in [-0.05, 0) is 12.8 Å². The van der Waals surface area contributed by atoms with Crippen LogP contribution < -0.4 is 0 Å². The first kappa shape index (κ1) is 37.5. The molecule has 0 unspecified atom stereocenters. The maximum Gasteiger partial charge on any atom is 0.305 e. The zero-order valence-electron chi connectivity index (χ0n) is 26.7. The van der Waals surface area contributed by atoms with E-state index in [1.165, 1.54) is 186 Å². The summed E-state index contributed by atoms with van der Waals surface area (Å²) in [6.45, 7) is 5.21. The summed E-state index contributed by atoms with van der Waals surface area (Å²) in [5, 5.41) is 0. The van der Waals surface area contributed by atoms with Gasteiger partial charge in [0.05, 0.1) is 6.61 Å². The van der Waals surface area contributed by atoms with Gasteiger partial charge in [0.15, 0.2) is 0 Å². The SMILES string of the molecule is CCCCCCCCCCCCCCCCCCCCOC(=O)CCCCCCCCCCCCCCC. The number of rotatable bonds is 33. The lowest BCUT2D eigenvalue weighted by atomic mass is 10.0. The van der Waals surface area contributed by atoms with Crippen LogP contribution in [-0.2, 0) is 9.53 Å². The van der Waals surface area contributed by atoms with Gasteiger partial charge in [-0.3, -0.25) is 4.79 Å². The number of hydrogen-bond donors (Lipinski definition) is 0. The highest BCUT2D eigenvalue weighted by atomic mass is 16.5. The molecule has 2 heteroatoms. The molecule has 0 fully saturated rings. The average Bonchev–Trinajstić information content (AvgIpc) is 2.92. The fraction of sp³-hybridized carbons (Fsp3) is 0.972. The highest BCUT2D eigenvalue weighted by molar-refractivity contribution is 5.69. The van der Waals surface area contributed by atoms with Crippen molar-refractivity contribution in [3.8, 4) is 0 Å². The predicted octanol–water partition coefficient (Wildman–Crippen LogP) is 13.1. The molecular formula is C36H72O2. The predicted molar refractivity (Wildman–Crippen MR) is 170 cm³/mol. The minimum absolute atomic E-state index is 0.0278. The number of hydrogen-bond acceptors (Lipinski definition) is 2. The van der Waals surface area contributed by atoms with Gasteiger partial charge in [-0.1, -0.05) is 200 Å². The largest absolute Gasteiger partial charge is 0.466 e. The van der Waals surface area contributed by atoms with E-state index >= 15 is 0 Å². The third kappa shape index (κ3) is 33.5. The lowest BCUT2D eigenvalue weighted by Gasteiger charge is -2.06. The number of carbonyl (C=O) groups is 1. The summed E-state index contributed by atoms with van der Waals surface area (Å²) in [5.74, 6) is 0.0278. The standard InChI is InChI=1S/C36H72O2/c1-3-5-7-9-11-13-15-17-18-19-20-21-23-25-27-29-31-33-35-38-36(37)34-32-30-28-26-24-22-16-14-12-10-8-6-4-2/h3-35H2,1-2H3. The van der Waals surface area contributed by atoms with E-state index in [-0.39, 0.29) is 5.97 Å². The number of ether oxygens (including phenoxy) is 1. The maximum atomic E-state index is 11.9. The van der Waals surface area contributed by atoms with Crippen molar-refractivity contribution >= 4 is 5.97 Å². The summed E-state index contributed by atoms with van der Waals surface area (Å²) in [7, 11) is 0. The first-order valence-electron chi connectivity index (χ1n) is 18.0. The Morgan fingerprint density at radius 1 is 0.342 bits per heavy atom. The molecule has 0 atom stereocenters. The fourth-order valence-corrected chi connectivity index (χ4v) is 5.55. The van der Waals surface area contributed by atoms with Gasteiger partial charge < -0.3 is 4.74 Å². The van der Waals surface area contributed by atoms with Crippen LogP contribution in [0.25, 0.3) is 0 Å². The van der Waals surface area contributed by atoms with Crippen molar-refractivity contribution in [1.29, 1.82) is 0 Å². The number of carbonyl (C=O) groups excluding carboxylic acids is 1. The van der Waals surface area contributed by atoms with Gasteiger partial charge in [-0.25, -0.2) is 0 Å². The van der Waals surface area contributed by atoms with E-state index in [0.717, 1.165) is 12.8 Å². The fourth-order valence-electron chi connectivity index (χ4n) is 5.55. The first-order valence-corrected chi connectivity index (χ1v) is 18.0. The molecule has 0 radical (unpaired) electrons. The van der Waals surface area contributed by atoms with Gasteiger partial charge in [0, 0.05) is 6.42 Å². The molecule has 0 aliphatic rings. The molecule has 0 saturated heterocycles. The minimum Gasteiger partial charge on any atom is -0.466 e. The van der Waals surface area contributed by atoms with Crippen LogP contribution in [0.15, 0.2) is 0 Å². The van der Waals surface area contributed by atoms with Crippen molar-refractivity contribution in [2.45, 2.75) is 219 Å². The van der Waals surface area contributed by atoms with Crippen LogP contribution in [0, 0.1) is 0 Å². The van der Waals surface area contributed by atoms with Gasteiger partial charge in [-0.15, -0.1) is 0 Å². The highest BCUT2D eigenvalue weighted by Gasteiger charge is 2.03. The third-order valence-corrected chi connectivity index (χ3v) is 8.25. The molecule has 0 saturated carbocycles. The van der Waals surface area contributed by atoms with Crippen molar-refractivity contribution in [3.63, 3.8) is 0 Å². The lowest BCUT2D eigenvalue weighted by molar-refractivity contribution is -0.143. The van der Waals surface area contributed by atoms with Gasteiger partial charge in [0.1, 0.15) is 0 Å². The van der Waals surface area contributed by atoms with Crippen LogP contribution in [0.3, 0.4) is 0 Å². The van der Waals surface area contributed by atoms with Crippen molar-refractivity contribution < 1.29 is 9.53 Å². The van der Waals surface area contributed by atoms with Crippen molar-refractivity contribution in [3.05, 3.63) is 0 Å². The van der Waals surface area contributed by atoms with E-state index in [1.807, 2.05) is 0 Å². The number of unbranched alkanes of at least 4 members (excludes halogenated alkanes) is 29. The second-order valence-corrected chi connectivity index (χ2v) is 12.2. The van der Waals surface area contributed by atoms with Crippen LogP contribution in [-0.4, -0.2) is 12.6 Å². The second kappa shape index (κ2) is 34.5.